The summed E-state index contributed by atoms with van der Waals surface area (Å²) < 4.78 is 26.8. The molecular weight excluding hydrogens is 432 g/mol. The SMILES string of the molecule is CC1CC(C)CN(c2nc3ccccc3nc2C(C#N)S(=O)(=O)c2ccc(Cl)cc2)C1. The van der Waals surface area contributed by atoms with Gasteiger partial charge in [0, 0.05) is 18.1 Å². The zero-order valence-electron chi connectivity index (χ0n) is 17.4. The molecule has 1 aliphatic rings. The predicted molar refractivity (Wildman–Crippen MR) is 122 cm³/mol. The van der Waals surface area contributed by atoms with Gasteiger partial charge in [0.2, 0.25) is 9.84 Å². The number of nitriles is 1. The minimum atomic E-state index is -4.03. The van der Waals surface area contributed by atoms with Crippen molar-refractivity contribution < 1.29 is 8.42 Å². The van der Waals surface area contributed by atoms with Crippen molar-refractivity contribution in [3.05, 3.63) is 59.2 Å². The first kappa shape index (κ1) is 21.5. The molecule has 0 N–H and O–H groups in total. The molecule has 0 radical (unpaired) electrons. The van der Waals surface area contributed by atoms with Crippen molar-refractivity contribution in [3.8, 4) is 6.07 Å². The van der Waals surface area contributed by atoms with Gasteiger partial charge in [-0.1, -0.05) is 37.6 Å². The van der Waals surface area contributed by atoms with E-state index in [9.17, 15) is 13.7 Å². The molecule has 0 amide bonds. The van der Waals surface area contributed by atoms with Gasteiger partial charge in [0.25, 0.3) is 0 Å². The van der Waals surface area contributed by atoms with Gasteiger partial charge in [0.1, 0.15) is 5.69 Å². The molecule has 0 bridgehead atoms. The smallest absolute Gasteiger partial charge is 0.200 e. The fourth-order valence-electron chi connectivity index (χ4n) is 4.29. The van der Waals surface area contributed by atoms with Crippen molar-refractivity contribution in [2.45, 2.75) is 30.4 Å². The van der Waals surface area contributed by atoms with Crippen molar-refractivity contribution in [1.29, 1.82) is 5.26 Å². The largest absolute Gasteiger partial charge is 0.354 e. The molecular formula is C23H23ClN4O2S. The van der Waals surface area contributed by atoms with Crippen LogP contribution in [0.5, 0.6) is 0 Å². The molecule has 2 aromatic carbocycles. The van der Waals surface area contributed by atoms with Crippen LogP contribution >= 0.6 is 11.6 Å². The Bertz CT molecular complexity index is 1240. The second-order valence-electron chi connectivity index (χ2n) is 8.28. The first-order valence-corrected chi connectivity index (χ1v) is 12.1. The van der Waals surface area contributed by atoms with Crippen LogP contribution in [0.25, 0.3) is 11.0 Å². The number of anilines is 1. The molecule has 0 spiro atoms. The van der Waals surface area contributed by atoms with Crippen LogP contribution in [0.1, 0.15) is 31.2 Å². The maximum atomic E-state index is 13.4. The average Bonchev–Trinajstić information content (AvgIpc) is 2.73. The van der Waals surface area contributed by atoms with Crippen LogP contribution in [0, 0.1) is 23.2 Å². The second kappa shape index (κ2) is 8.45. The van der Waals surface area contributed by atoms with Gasteiger partial charge in [0.15, 0.2) is 11.1 Å². The highest BCUT2D eigenvalue weighted by Crippen LogP contribution is 2.36. The van der Waals surface area contributed by atoms with Gasteiger partial charge in [-0.15, -0.1) is 0 Å². The summed E-state index contributed by atoms with van der Waals surface area (Å²) in [5.74, 6) is 1.33. The molecule has 1 saturated heterocycles. The summed E-state index contributed by atoms with van der Waals surface area (Å²) in [5, 5.41) is 8.94. The van der Waals surface area contributed by atoms with Crippen LogP contribution in [0.2, 0.25) is 5.02 Å². The van der Waals surface area contributed by atoms with Crippen molar-refractivity contribution >= 4 is 38.3 Å². The lowest BCUT2D eigenvalue weighted by Crippen LogP contribution is -2.40. The number of piperidine rings is 1. The predicted octanol–water partition coefficient (Wildman–Crippen LogP) is 4.80. The summed E-state index contributed by atoms with van der Waals surface area (Å²) >= 11 is 5.92. The Morgan fingerprint density at radius 2 is 1.61 bits per heavy atom. The number of hydrogen-bond acceptors (Lipinski definition) is 6. The number of hydrogen-bond donors (Lipinski definition) is 0. The molecule has 160 valence electrons. The second-order valence-corrected chi connectivity index (χ2v) is 10.7. The van der Waals surface area contributed by atoms with Crippen LogP contribution in [0.3, 0.4) is 0 Å². The summed E-state index contributed by atoms with van der Waals surface area (Å²) in [6.07, 6.45) is 1.09. The summed E-state index contributed by atoms with van der Waals surface area (Å²) in [4.78, 5) is 11.5. The Hall–Kier alpha value is -2.69. The van der Waals surface area contributed by atoms with E-state index in [1.807, 2.05) is 24.3 Å². The fourth-order valence-corrected chi connectivity index (χ4v) is 5.79. The van der Waals surface area contributed by atoms with E-state index in [0.717, 1.165) is 19.5 Å². The Kier molecular flexibility index (Phi) is 5.87. The molecule has 31 heavy (non-hydrogen) atoms. The van der Waals surface area contributed by atoms with Crippen molar-refractivity contribution in [1.82, 2.24) is 9.97 Å². The number of rotatable bonds is 4. The summed E-state index contributed by atoms with van der Waals surface area (Å²) in [6, 6.07) is 15.1. The summed E-state index contributed by atoms with van der Waals surface area (Å²) in [6.45, 7) is 5.82. The minimum absolute atomic E-state index is 0.0322. The van der Waals surface area contributed by atoms with Crippen LogP contribution in [0.4, 0.5) is 5.82 Å². The third-order valence-electron chi connectivity index (χ3n) is 5.56. The molecule has 0 aliphatic carbocycles. The third kappa shape index (κ3) is 4.23. The lowest BCUT2D eigenvalue weighted by atomic mass is 9.92. The number of halogens is 1. The number of benzene rings is 2. The highest BCUT2D eigenvalue weighted by Gasteiger charge is 2.36. The molecule has 4 rings (SSSR count). The maximum Gasteiger partial charge on any atom is 0.200 e. The Balaban J connectivity index is 1.90. The van der Waals surface area contributed by atoms with Gasteiger partial charge in [-0.2, -0.15) is 5.26 Å². The van der Waals surface area contributed by atoms with Gasteiger partial charge in [-0.3, -0.25) is 0 Å². The number of aromatic nitrogens is 2. The number of sulfone groups is 1. The molecule has 3 aromatic rings. The van der Waals surface area contributed by atoms with Crippen LogP contribution in [-0.2, 0) is 9.84 Å². The standard InChI is InChI=1S/C23H23ClN4O2S/c1-15-11-16(2)14-28(13-15)23-22(26-19-5-3-4-6-20(19)27-23)21(12-25)31(29,30)18-9-7-17(24)8-10-18/h3-10,15-16,21H,11,13-14H2,1-2H3. The lowest BCUT2D eigenvalue weighted by Gasteiger charge is -2.36. The molecule has 2 heterocycles. The Morgan fingerprint density at radius 3 is 2.19 bits per heavy atom. The van der Waals surface area contributed by atoms with Crippen molar-refractivity contribution in [2.24, 2.45) is 11.8 Å². The first-order chi connectivity index (χ1) is 14.8. The number of nitrogens with zero attached hydrogens (tertiary/aromatic N) is 4. The molecule has 1 aliphatic heterocycles. The molecule has 0 saturated carbocycles. The van der Waals surface area contributed by atoms with E-state index in [1.54, 1.807) is 6.07 Å². The molecule has 6 nitrogen and oxygen atoms in total. The van der Waals surface area contributed by atoms with Gasteiger partial charge in [-0.25, -0.2) is 18.4 Å². The third-order valence-corrected chi connectivity index (χ3v) is 7.70. The molecule has 3 unspecified atom stereocenters. The molecule has 8 heteroatoms. The summed E-state index contributed by atoms with van der Waals surface area (Å²) in [7, 11) is -4.03. The maximum absolute atomic E-state index is 13.4. The van der Waals surface area contributed by atoms with E-state index in [2.05, 4.69) is 23.7 Å². The van der Waals surface area contributed by atoms with E-state index in [1.165, 1.54) is 24.3 Å². The average molecular weight is 455 g/mol. The number of para-hydroxylation sites is 2. The van der Waals surface area contributed by atoms with Gasteiger partial charge in [-0.05, 0) is 54.7 Å². The zero-order valence-corrected chi connectivity index (χ0v) is 18.9. The zero-order chi connectivity index (χ0) is 22.2. The normalized spacial score (nSPS) is 20.4. The lowest BCUT2D eigenvalue weighted by molar-refractivity contribution is 0.355. The molecule has 1 aromatic heterocycles. The van der Waals surface area contributed by atoms with Gasteiger partial charge < -0.3 is 4.90 Å². The molecule has 3 atom stereocenters. The van der Waals surface area contributed by atoms with Crippen molar-refractivity contribution in [3.63, 3.8) is 0 Å². The summed E-state index contributed by atoms with van der Waals surface area (Å²) in [5.41, 5.74) is 1.41. The van der Waals surface area contributed by atoms with Gasteiger partial charge >= 0.3 is 0 Å². The highest BCUT2D eigenvalue weighted by molar-refractivity contribution is 7.92. The van der Waals surface area contributed by atoms with E-state index in [4.69, 9.17) is 16.6 Å². The minimum Gasteiger partial charge on any atom is -0.354 e. The fraction of sp³-hybridized carbons (Fsp3) is 0.348. The van der Waals surface area contributed by atoms with Gasteiger partial charge in [0.05, 0.1) is 22.0 Å². The van der Waals surface area contributed by atoms with Crippen LogP contribution in [-0.4, -0.2) is 31.5 Å². The Morgan fingerprint density at radius 1 is 1.03 bits per heavy atom. The monoisotopic (exact) mass is 454 g/mol. The van der Waals surface area contributed by atoms with E-state index < -0.39 is 15.1 Å². The first-order valence-electron chi connectivity index (χ1n) is 10.2. The topological polar surface area (TPSA) is 86.9 Å². The Labute approximate surface area is 187 Å². The number of fused-ring (bicyclic) bond motifs is 1. The van der Waals surface area contributed by atoms with E-state index >= 15 is 0 Å². The van der Waals surface area contributed by atoms with E-state index in [0.29, 0.717) is 33.7 Å². The van der Waals surface area contributed by atoms with E-state index in [-0.39, 0.29) is 10.6 Å². The van der Waals surface area contributed by atoms with Crippen molar-refractivity contribution in [2.75, 3.05) is 18.0 Å². The quantitative estimate of drug-likeness (QED) is 0.562. The van der Waals surface area contributed by atoms with Crippen LogP contribution < -0.4 is 4.90 Å². The highest BCUT2D eigenvalue weighted by atomic mass is 35.5. The molecule has 1 fully saturated rings. The van der Waals surface area contributed by atoms with Crippen LogP contribution in [0.15, 0.2) is 53.4 Å².